The van der Waals surface area contributed by atoms with Crippen LogP contribution in [0, 0.1) is 12.7 Å². The fourth-order valence-corrected chi connectivity index (χ4v) is 5.02. The van der Waals surface area contributed by atoms with Gasteiger partial charge in [0.2, 0.25) is 5.88 Å². The molecule has 2 unspecified atom stereocenters. The van der Waals surface area contributed by atoms with Crippen molar-refractivity contribution >= 4 is 22.4 Å². The Hall–Kier alpha value is -3.21. The van der Waals surface area contributed by atoms with Gasteiger partial charge in [-0.1, -0.05) is 12.1 Å². The maximum Gasteiger partial charge on any atom is 0.419 e. The van der Waals surface area contributed by atoms with Gasteiger partial charge in [-0.2, -0.15) is 18.3 Å². The average molecular weight is 491 g/mol. The molecule has 0 saturated carbocycles. The number of nitrogens with zero attached hydrogens (tertiary/aromatic N) is 4. The normalized spacial score (nSPS) is 20.8. The Bertz CT molecular complexity index is 1250. The van der Waals surface area contributed by atoms with Crippen LogP contribution in [0.3, 0.4) is 0 Å². The predicted molar refractivity (Wildman–Crippen MR) is 122 cm³/mol. The Kier molecular flexibility index (Phi) is 5.90. The van der Waals surface area contributed by atoms with Crippen molar-refractivity contribution < 1.29 is 27.0 Å². The first-order valence-electron chi connectivity index (χ1n) is 11.4. The van der Waals surface area contributed by atoms with Crippen LogP contribution in [0.1, 0.15) is 42.6 Å². The number of aromatic nitrogens is 3. The van der Waals surface area contributed by atoms with Crippen LogP contribution in [0.5, 0.6) is 5.88 Å². The van der Waals surface area contributed by atoms with Crippen LogP contribution >= 0.6 is 0 Å². The molecule has 2 aromatic heterocycles. The molecule has 0 aliphatic carbocycles. The van der Waals surface area contributed by atoms with Gasteiger partial charge in [-0.05, 0) is 38.8 Å². The quantitative estimate of drug-likeness (QED) is 0.502. The number of fused-ring (bicyclic) bond motifs is 3. The van der Waals surface area contributed by atoms with Crippen molar-refractivity contribution in [2.45, 2.75) is 51.0 Å². The van der Waals surface area contributed by atoms with Crippen LogP contribution in [-0.2, 0) is 10.9 Å². The SMILES string of the molecule is COc1nc2c(C)nnc(N[C@H](C)c3cccc(C(F)(F)F)c3F)c2cc1N1C2CCC1COC2. The summed E-state index contributed by atoms with van der Waals surface area (Å²) in [6.45, 7) is 4.57. The third kappa shape index (κ3) is 4.11. The monoisotopic (exact) mass is 491 g/mol. The number of hydrogen-bond donors (Lipinski definition) is 1. The summed E-state index contributed by atoms with van der Waals surface area (Å²) in [5.41, 5.74) is 0.478. The van der Waals surface area contributed by atoms with E-state index in [1.807, 2.05) is 6.07 Å². The lowest BCUT2D eigenvalue weighted by Gasteiger charge is -2.37. The molecular weight excluding hydrogens is 466 g/mol. The van der Waals surface area contributed by atoms with Crippen LogP contribution < -0.4 is 15.0 Å². The van der Waals surface area contributed by atoms with Crippen molar-refractivity contribution in [3.05, 3.63) is 46.9 Å². The highest BCUT2D eigenvalue weighted by molar-refractivity contribution is 5.94. The van der Waals surface area contributed by atoms with E-state index in [0.29, 0.717) is 41.5 Å². The maximum atomic E-state index is 14.8. The van der Waals surface area contributed by atoms with Gasteiger partial charge in [0.15, 0.2) is 5.82 Å². The standard InChI is InChI=1S/C24H25F4N5O2/c1-12(16-5-4-6-18(20(16)25)24(26,27)28)29-22-17-9-19(33-14-7-8-15(33)11-35-10-14)23(34-3)30-21(17)13(2)31-32-22/h4-6,9,12,14-15H,7-8,10-11H2,1-3H3,(H,29,32)/t12-,14?,15?/m1/s1. The van der Waals surface area contributed by atoms with Crippen molar-refractivity contribution in [2.75, 3.05) is 30.5 Å². The molecule has 0 amide bonds. The summed E-state index contributed by atoms with van der Waals surface area (Å²) >= 11 is 0. The number of benzene rings is 1. The van der Waals surface area contributed by atoms with Crippen molar-refractivity contribution in [1.82, 2.24) is 15.2 Å². The molecule has 2 aliphatic rings. The second-order valence-electron chi connectivity index (χ2n) is 8.95. The van der Waals surface area contributed by atoms with E-state index in [1.54, 1.807) is 21.0 Å². The molecular formula is C24H25F4N5O2. The lowest BCUT2D eigenvalue weighted by Crippen LogP contribution is -2.46. The summed E-state index contributed by atoms with van der Waals surface area (Å²) < 4.78 is 65.7. The number of pyridine rings is 1. The van der Waals surface area contributed by atoms with E-state index in [2.05, 4.69) is 20.4 Å². The largest absolute Gasteiger partial charge is 0.480 e. The number of aryl methyl sites for hydroxylation is 1. The maximum absolute atomic E-state index is 14.8. The minimum absolute atomic E-state index is 0.122. The first-order chi connectivity index (χ1) is 16.7. The number of rotatable bonds is 5. The highest BCUT2D eigenvalue weighted by Gasteiger charge is 2.39. The first kappa shape index (κ1) is 23.5. The molecule has 35 heavy (non-hydrogen) atoms. The Morgan fingerprint density at radius 3 is 2.54 bits per heavy atom. The van der Waals surface area contributed by atoms with Crippen molar-refractivity contribution in [3.8, 4) is 5.88 Å². The van der Waals surface area contributed by atoms with Crippen LogP contribution in [0.2, 0.25) is 0 Å². The van der Waals surface area contributed by atoms with Crippen LogP contribution in [0.4, 0.5) is 29.1 Å². The summed E-state index contributed by atoms with van der Waals surface area (Å²) in [5, 5.41) is 12.1. The molecule has 4 heterocycles. The van der Waals surface area contributed by atoms with Gasteiger partial charge in [-0.15, -0.1) is 5.10 Å². The summed E-state index contributed by atoms with van der Waals surface area (Å²) in [6, 6.07) is 4.74. The van der Waals surface area contributed by atoms with E-state index in [-0.39, 0.29) is 17.6 Å². The Labute approximate surface area is 199 Å². The summed E-state index contributed by atoms with van der Waals surface area (Å²) in [4.78, 5) is 6.97. The molecule has 2 saturated heterocycles. The predicted octanol–water partition coefficient (Wildman–Crippen LogP) is 5.04. The van der Waals surface area contributed by atoms with E-state index in [4.69, 9.17) is 14.5 Å². The number of anilines is 2. The third-order valence-electron chi connectivity index (χ3n) is 6.73. The first-order valence-corrected chi connectivity index (χ1v) is 11.4. The molecule has 1 N–H and O–H groups in total. The van der Waals surface area contributed by atoms with Gasteiger partial charge in [0.05, 0.1) is 49.7 Å². The zero-order valence-electron chi connectivity index (χ0n) is 19.5. The van der Waals surface area contributed by atoms with Crippen molar-refractivity contribution in [3.63, 3.8) is 0 Å². The van der Waals surface area contributed by atoms with E-state index in [1.165, 1.54) is 12.1 Å². The molecule has 7 nitrogen and oxygen atoms in total. The van der Waals surface area contributed by atoms with Crippen LogP contribution in [0.25, 0.3) is 10.9 Å². The molecule has 0 spiro atoms. The third-order valence-corrected chi connectivity index (χ3v) is 6.73. The Balaban J connectivity index is 1.57. The average Bonchev–Trinajstić information content (AvgIpc) is 3.06. The van der Waals surface area contributed by atoms with E-state index in [9.17, 15) is 17.6 Å². The second-order valence-corrected chi connectivity index (χ2v) is 8.95. The van der Waals surface area contributed by atoms with Gasteiger partial charge in [-0.25, -0.2) is 9.37 Å². The number of morpholine rings is 1. The van der Waals surface area contributed by atoms with Gasteiger partial charge in [-0.3, -0.25) is 0 Å². The fourth-order valence-electron chi connectivity index (χ4n) is 5.02. The number of ether oxygens (including phenoxy) is 2. The minimum atomic E-state index is -4.79. The number of hydrogen-bond acceptors (Lipinski definition) is 7. The molecule has 2 bridgehead atoms. The Morgan fingerprint density at radius 1 is 1.17 bits per heavy atom. The van der Waals surface area contributed by atoms with Crippen molar-refractivity contribution in [2.24, 2.45) is 0 Å². The lowest BCUT2D eigenvalue weighted by atomic mass is 10.0. The fraction of sp³-hybridized carbons (Fsp3) is 0.458. The van der Waals surface area contributed by atoms with E-state index < -0.39 is 23.6 Å². The zero-order valence-corrected chi connectivity index (χ0v) is 19.5. The molecule has 3 atom stereocenters. The molecule has 2 aliphatic heterocycles. The molecule has 1 aromatic carbocycles. The number of nitrogens with one attached hydrogen (secondary N) is 1. The van der Waals surface area contributed by atoms with Crippen LogP contribution in [0.15, 0.2) is 24.3 Å². The zero-order chi connectivity index (χ0) is 24.9. The molecule has 2 fully saturated rings. The van der Waals surface area contributed by atoms with Gasteiger partial charge in [0.25, 0.3) is 0 Å². The molecule has 186 valence electrons. The van der Waals surface area contributed by atoms with Gasteiger partial charge in [0.1, 0.15) is 17.0 Å². The van der Waals surface area contributed by atoms with Crippen LogP contribution in [-0.4, -0.2) is 47.6 Å². The lowest BCUT2D eigenvalue weighted by molar-refractivity contribution is -0.140. The topological polar surface area (TPSA) is 72.4 Å². The Morgan fingerprint density at radius 2 is 1.89 bits per heavy atom. The van der Waals surface area contributed by atoms with E-state index >= 15 is 0 Å². The molecule has 0 radical (unpaired) electrons. The van der Waals surface area contributed by atoms with E-state index in [0.717, 1.165) is 24.6 Å². The highest BCUT2D eigenvalue weighted by Crippen LogP contribution is 2.41. The number of methoxy groups -OCH3 is 1. The van der Waals surface area contributed by atoms with Gasteiger partial charge in [0, 0.05) is 10.9 Å². The minimum Gasteiger partial charge on any atom is -0.480 e. The second kappa shape index (κ2) is 8.78. The summed E-state index contributed by atoms with van der Waals surface area (Å²) in [5.74, 6) is -0.558. The summed E-state index contributed by atoms with van der Waals surface area (Å²) in [7, 11) is 1.56. The van der Waals surface area contributed by atoms with Crippen molar-refractivity contribution in [1.29, 1.82) is 0 Å². The van der Waals surface area contributed by atoms with Gasteiger partial charge >= 0.3 is 6.18 Å². The molecule has 3 aromatic rings. The molecule has 5 rings (SSSR count). The van der Waals surface area contributed by atoms with Gasteiger partial charge < -0.3 is 19.7 Å². The highest BCUT2D eigenvalue weighted by atomic mass is 19.4. The smallest absolute Gasteiger partial charge is 0.419 e. The number of halogens is 4. The summed E-state index contributed by atoms with van der Waals surface area (Å²) in [6.07, 6.45) is -2.80. The molecule has 11 heteroatoms. The number of alkyl halides is 3.